The number of nitro groups is 1. The maximum absolute atomic E-state index is 11.4. The van der Waals surface area contributed by atoms with Crippen molar-refractivity contribution in [1.82, 2.24) is 0 Å². The molecule has 2 aromatic carbocycles. The van der Waals surface area contributed by atoms with Crippen LogP contribution in [0.4, 0.5) is 5.69 Å². The van der Waals surface area contributed by atoms with Gasteiger partial charge in [-0.25, -0.2) is 0 Å². The van der Waals surface area contributed by atoms with Crippen molar-refractivity contribution in [3.05, 3.63) is 64.2 Å². The molecule has 0 N–H and O–H groups in total. The highest BCUT2D eigenvalue weighted by Gasteiger charge is 2.44. The lowest BCUT2D eigenvalue weighted by Gasteiger charge is -2.39. The first-order valence-electron chi connectivity index (χ1n) is 15.8. The second kappa shape index (κ2) is 18.3. The van der Waals surface area contributed by atoms with E-state index < -0.39 is 8.32 Å². The van der Waals surface area contributed by atoms with E-state index in [0.717, 1.165) is 18.8 Å². The van der Waals surface area contributed by atoms with Gasteiger partial charge in [-0.2, -0.15) is 0 Å². The molecule has 0 aliphatic heterocycles. The lowest BCUT2D eigenvalue weighted by atomic mass is 10.0. The molecule has 6 heteroatoms. The van der Waals surface area contributed by atoms with Gasteiger partial charge in [0.05, 0.1) is 23.7 Å². The summed E-state index contributed by atoms with van der Waals surface area (Å²) < 4.78 is 12.6. The maximum atomic E-state index is 11.4. The lowest BCUT2D eigenvalue weighted by Crippen LogP contribution is -2.55. The highest BCUT2D eigenvalue weighted by Crippen LogP contribution is 2.38. The highest BCUT2D eigenvalue weighted by molar-refractivity contribution is 6.87. The second-order valence-corrected chi connectivity index (χ2v) is 16.9. The van der Waals surface area contributed by atoms with Crippen LogP contribution in [0.25, 0.3) is 0 Å². The molecule has 2 aromatic rings. The molecule has 0 aliphatic carbocycles. The number of hydrogen-bond acceptors (Lipinski definition) is 4. The van der Waals surface area contributed by atoms with Crippen LogP contribution < -0.4 is 9.92 Å². The molecule has 0 fully saturated rings. The van der Waals surface area contributed by atoms with Gasteiger partial charge in [0.1, 0.15) is 5.75 Å². The number of hydrogen-bond donors (Lipinski definition) is 0. The molecule has 1 unspecified atom stereocenters. The van der Waals surface area contributed by atoms with Gasteiger partial charge in [0, 0.05) is 6.07 Å². The molecule has 0 saturated carbocycles. The molecular formula is C34H55NO4Si. The summed E-state index contributed by atoms with van der Waals surface area (Å²) in [5.41, 5.74) is 0.726. The Balaban J connectivity index is 1.69. The minimum absolute atomic E-state index is 0.0901. The summed E-state index contributed by atoms with van der Waals surface area (Å²) >= 11 is 0. The Bertz CT molecular complexity index is 973. The monoisotopic (exact) mass is 569 g/mol. The van der Waals surface area contributed by atoms with Crippen molar-refractivity contribution in [2.75, 3.05) is 6.61 Å². The minimum Gasteiger partial charge on any atom is -0.494 e. The average molecular weight is 570 g/mol. The molecule has 0 amide bonds. The summed E-state index contributed by atoms with van der Waals surface area (Å²) in [4.78, 5) is 11.1. The van der Waals surface area contributed by atoms with Gasteiger partial charge in [-0.05, 0) is 41.4 Å². The molecular weight excluding hydrogens is 514 g/mol. The fourth-order valence-corrected chi connectivity index (χ4v) is 7.83. The molecule has 40 heavy (non-hydrogen) atoms. The van der Waals surface area contributed by atoms with Crippen molar-refractivity contribution in [3.63, 3.8) is 0 Å². The number of nitro benzene ring substituents is 1. The number of ether oxygens (including phenoxy) is 1. The first-order chi connectivity index (χ1) is 19.2. The Kier molecular flexibility index (Phi) is 15.6. The van der Waals surface area contributed by atoms with Gasteiger partial charge in [0.15, 0.2) is 0 Å². The number of benzene rings is 2. The maximum Gasteiger partial charge on any atom is 0.274 e. The normalized spacial score (nSPS) is 13.2. The Morgan fingerprint density at radius 3 is 1.75 bits per heavy atom. The van der Waals surface area contributed by atoms with Crippen LogP contribution in [0.5, 0.6) is 5.75 Å². The number of rotatable bonds is 21. The van der Waals surface area contributed by atoms with E-state index in [1.165, 1.54) is 88.7 Å². The summed E-state index contributed by atoms with van der Waals surface area (Å²) in [7, 11) is -2.44. The van der Waals surface area contributed by atoms with E-state index in [-0.39, 0.29) is 22.3 Å². The van der Waals surface area contributed by atoms with Crippen molar-refractivity contribution in [3.8, 4) is 5.75 Å². The molecule has 224 valence electrons. The first kappa shape index (κ1) is 34.0. The Hall–Kier alpha value is -2.18. The van der Waals surface area contributed by atoms with E-state index in [1.807, 2.05) is 18.2 Å². The van der Waals surface area contributed by atoms with Crippen LogP contribution in [0.1, 0.15) is 123 Å². The fraction of sp³-hybridized carbons (Fsp3) is 0.647. The quantitative estimate of drug-likeness (QED) is 0.0649. The molecule has 0 saturated heterocycles. The van der Waals surface area contributed by atoms with Crippen LogP contribution in [-0.2, 0) is 11.0 Å². The van der Waals surface area contributed by atoms with Crippen molar-refractivity contribution in [1.29, 1.82) is 0 Å². The van der Waals surface area contributed by atoms with Gasteiger partial charge >= 0.3 is 0 Å². The third kappa shape index (κ3) is 11.7. The van der Waals surface area contributed by atoms with Crippen LogP contribution in [0.2, 0.25) is 11.6 Å². The lowest BCUT2D eigenvalue weighted by molar-refractivity contribution is -0.385. The van der Waals surface area contributed by atoms with Crippen LogP contribution in [0.15, 0.2) is 48.5 Å². The van der Waals surface area contributed by atoms with Gasteiger partial charge in [-0.15, -0.1) is 0 Å². The van der Waals surface area contributed by atoms with E-state index in [1.54, 1.807) is 18.2 Å². The topological polar surface area (TPSA) is 61.6 Å². The third-order valence-corrected chi connectivity index (χ3v) is 13.3. The molecule has 0 spiro atoms. The van der Waals surface area contributed by atoms with Crippen LogP contribution in [-0.4, -0.2) is 19.8 Å². The summed E-state index contributed by atoms with van der Waals surface area (Å²) in [6.45, 7) is 12.0. The van der Waals surface area contributed by atoms with Crippen molar-refractivity contribution in [2.24, 2.45) is 0 Å². The minimum atomic E-state index is -2.44. The second-order valence-electron chi connectivity index (χ2n) is 12.4. The van der Waals surface area contributed by atoms with E-state index in [9.17, 15) is 10.1 Å². The Labute approximate surface area is 245 Å². The summed E-state index contributed by atoms with van der Waals surface area (Å²) in [6, 6.07) is 15.2. The fourth-order valence-electron chi connectivity index (χ4n) is 5.12. The number of para-hydroxylation sites is 1. The first-order valence-corrected chi connectivity index (χ1v) is 18.2. The molecule has 0 heterocycles. The van der Waals surface area contributed by atoms with Crippen molar-refractivity contribution < 1.29 is 14.1 Å². The van der Waals surface area contributed by atoms with E-state index in [0.29, 0.717) is 5.56 Å². The molecule has 0 aromatic heterocycles. The van der Waals surface area contributed by atoms with E-state index in [2.05, 4.69) is 46.4 Å². The third-order valence-electron chi connectivity index (χ3n) is 8.31. The number of unbranched alkanes of at least 4 members (excludes halogenated alkanes) is 13. The highest BCUT2D eigenvalue weighted by atomic mass is 28.4. The molecule has 0 bridgehead atoms. The van der Waals surface area contributed by atoms with Gasteiger partial charge in [0.25, 0.3) is 5.69 Å². The van der Waals surface area contributed by atoms with Crippen molar-refractivity contribution in [2.45, 2.75) is 136 Å². The zero-order valence-electron chi connectivity index (χ0n) is 26.0. The predicted molar refractivity (Wildman–Crippen MR) is 171 cm³/mol. The SMILES string of the molecule is CCCCCCCCCCCCCCCCOc1ccc([Si](C)(OCc2ccccc2[N+](=O)[O-])C(C)(C)C)cc1. The Morgan fingerprint density at radius 1 is 0.750 bits per heavy atom. The zero-order chi connectivity index (χ0) is 29.3. The van der Waals surface area contributed by atoms with E-state index >= 15 is 0 Å². The molecule has 0 aliphatic rings. The standard InChI is InChI=1S/C34H55NO4Si/c1-6-7-8-9-10-11-12-13-14-15-16-17-18-21-28-38-31-24-26-32(27-25-31)40(5,34(2,3)4)39-29-30-22-19-20-23-33(30)35(36)37/h19-20,22-27H,6-18,21,28-29H2,1-5H3. The zero-order valence-corrected chi connectivity index (χ0v) is 27.0. The van der Waals surface area contributed by atoms with Crippen LogP contribution >= 0.6 is 0 Å². The Morgan fingerprint density at radius 2 is 1.25 bits per heavy atom. The largest absolute Gasteiger partial charge is 0.494 e. The smallest absolute Gasteiger partial charge is 0.274 e. The van der Waals surface area contributed by atoms with Gasteiger partial charge in [0.2, 0.25) is 8.32 Å². The van der Waals surface area contributed by atoms with Crippen LogP contribution in [0, 0.1) is 10.1 Å². The summed E-state index contributed by atoms with van der Waals surface area (Å²) in [5, 5.41) is 12.5. The van der Waals surface area contributed by atoms with Gasteiger partial charge in [-0.3, -0.25) is 10.1 Å². The molecule has 0 radical (unpaired) electrons. The molecule has 1 atom stereocenters. The van der Waals surface area contributed by atoms with E-state index in [4.69, 9.17) is 9.16 Å². The van der Waals surface area contributed by atoms with Gasteiger partial charge in [-0.1, -0.05) is 135 Å². The van der Waals surface area contributed by atoms with Crippen molar-refractivity contribution >= 4 is 19.2 Å². The van der Waals surface area contributed by atoms with Gasteiger partial charge < -0.3 is 9.16 Å². The molecule has 5 nitrogen and oxygen atoms in total. The van der Waals surface area contributed by atoms with Crippen LogP contribution in [0.3, 0.4) is 0 Å². The summed E-state index contributed by atoms with van der Waals surface area (Å²) in [5.74, 6) is 0.891. The molecule has 2 rings (SSSR count). The average Bonchev–Trinajstić information content (AvgIpc) is 2.93. The number of nitrogens with zero attached hydrogens (tertiary/aromatic N) is 1. The predicted octanol–water partition coefficient (Wildman–Crippen LogP) is 10.3. The summed E-state index contributed by atoms with van der Waals surface area (Å²) in [6.07, 6.45) is 19.0.